The molecule has 2 aromatic heterocycles. The van der Waals surface area contributed by atoms with Crippen molar-refractivity contribution >= 4 is 17.7 Å². The second kappa shape index (κ2) is 8.75. The van der Waals surface area contributed by atoms with Gasteiger partial charge in [-0.05, 0) is 37.6 Å². The van der Waals surface area contributed by atoms with Crippen molar-refractivity contribution in [2.24, 2.45) is 10.7 Å². The van der Waals surface area contributed by atoms with Crippen LogP contribution in [-0.2, 0) is 10.3 Å². The van der Waals surface area contributed by atoms with E-state index in [1.807, 2.05) is 0 Å². The number of hydrogen-bond acceptors (Lipinski definition) is 7. The molecule has 0 radical (unpaired) electrons. The average Bonchev–Trinajstić information content (AvgIpc) is 2.67. The van der Waals surface area contributed by atoms with Crippen LogP contribution in [0.4, 0.5) is 32.2 Å². The summed E-state index contributed by atoms with van der Waals surface area (Å²) in [5, 5.41) is 2.33. The first-order valence-electron chi connectivity index (χ1n) is 9.27. The molecule has 0 spiro atoms. The number of pyridine rings is 2. The highest BCUT2D eigenvalue weighted by Gasteiger charge is 2.50. The summed E-state index contributed by atoms with van der Waals surface area (Å²) in [6.07, 6.45) is -7.01. The molecule has 0 aromatic carbocycles. The van der Waals surface area contributed by atoms with E-state index >= 15 is 0 Å². The number of aromatic nitrogens is 2. The summed E-state index contributed by atoms with van der Waals surface area (Å²) >= 11 is 0. The number of carbonyl (C=O) groups is 1. The number of anilines is 1. The first-order chi connectivity index (χ1) is 15.3. The van der Waals surface area contributed by atoms with Crippen molar-refractivity contribution in [1.82, 2.24) is 9.97 Å². The van der Waals surface area contributed by atoms with E-state index in [-0.39, 0.29) is 22.8 Å². The molecule has 2 aromatic rings. The van der Waals surface area contributed by atoms with Gasteiger partial charge in [-0.1, -0.05) is 0 Å². The maximum Gasteiger partial charge on any atom is 0.425 e. The lowest BCUT2D eigenvalue weighted by molar-refractivity contribution is -0.208. The van der Waals surface area contributed by atoms with Gasteiger partial charge >= 0.3 is 12.8 Å². The Balaban J connectivity index is 1.88. The highest BCUT2D eigenvalue weighted by molar-refractivity contribution is 6.03. The Morgan fingerprint density at radius 1 is 1.36 bits per heavy atom. The van der Waals surface area contributed by atoms with Crippen molar-refractivity contribution in [3.8, 4) is 5.75 Å². The number of carbonyl (C=O) groups excluding carboxylic acids is 1. The van der Waals surface area contributed by atoms with Gasteiger partial charge < -0.3 is 20.5 Å². The van der Waals surface area contributed by atoms with Gasteiger partial charge in [0.25, 0.3) is 11.9 Å². The van der Waals surface area contributed by atoms with Crippen LogP contribution in [0.1, 0.15) is 35.1 Å². The number of aryl methyl sites for hydroxylation is 1. The molecule has 8 nitrogen and oxygen atoms in total. The summed E-state index contributed by atoms with van der Waals surface area (Å²) in [6.45, 7) is -0.458. The van der Waals surface area contributed by atoms with E-state index in [2.05, 4.69) is 29.8 Å². The molecule has 0 saturated heterocycles. The van der Waals surface area contributed by atoms with Crippen LogP contribution >= 0.6 is 0 Å². The zero-order valence-electron chi connectivity index (χ0n) is 17.1. The van der Waals surface area contributed by atoms with Crippen LogP contribution in [0.3, 0.4) is 0 Å². The highest BCUT2D eigenvalue weighted by atomic mass is 19.4. The van der Waals surface area contributed by atoms with Gasteiger partial charge in [0.2, 0.25) is 0 Å². The molecule has 178 valence electrons. The van der Waals surface area contributed by atoms with Gasteiger partial charge in [0.15, 0.2) is 6.10 Å². The van der Waals surface area contributed by atoms with Crippen LogP contribution in [0.5, 0.6) is 5.75 Å². The maximum atomic E-state index is 14.5. The van der Waals surface area contributed by atoms with E-state index in [1.54, 1.807) is 0 Å². The number of hydrogen-bond donors (Lipinski definition) is 2. The van der Waals surface area contributed by atoms with Gasteiger partial charge in [-0.15, -0.1) is 0 Å². The lowest BCUT2D eigenvalue weighted by Gasteiger charge is -2.35. The number of nitrogens with two attached hydrogens (primary N) is 1. The highest BCUT2D eigenvalue weighted by Crippen LogP contribution is 2.40. The Morgan fingerprint density at radius 2 is 2.06 bits per heavy atom. The zero-order valence-corrected chi connectivity index (χ0v) is 17.1. The molecule has 0 aliphatic carbocycles. The third-order valence-electron chi connectivity index (χ3n) is 4.66. The third kappa shape index (κ3) is 5.43. The lowest BCUT2D eigenvalue weighted by Crippen LogP contribution is -2.46. The largest absolute Gasteiger partial charge is 0.452 e. The number of nitrogens with one attached hydrogen (secondary N) is 1. The van der Waals surface area contributed by atoms with Crippen LogP contribution in [0.25, 0.3) is 0 Å². The quantitative estimate of drug-likeness (QED) is 0.636. The fourth-order valence-electron chi connectivity index (χ4n) is 3.21. The topological polar surface area (TPSA) is 112 Å². The van der Waals surface area contributed by atoms with Crippen molar-refractivity contribution in [3.63, 3.8) is 0 Å². The van der Waals surface area contributed by atoms with Crippen molar-refractivity contribution in [1.29, 1.82) is 0 Å². The molecule has 3 N–H and O–H groups in total. The Labute approximate surface area is 182 Å². The van der Waals surface area contributed by atoms with Crippen molar-refractivity contribution in [2.45, 2.75) is 44.7 Å². The van der Waals surface area contributed by atoms with Crippen LogP contribution < -0.4 is 15.8 Å². The average molecular weight is 477 g/mol. The third-order valence-corrected chi connectivity index (χ3v) is 4.66. The van der Waals surface area contributed by atoms with Gasteiger partial charge in [-0.3, -0.25) is 4.79 Å². The summed E-state index contributed by atoms with van der Waals surface area (Å²) < 4.78 is 87.4. The second-order valence-corrected chi connectivity index (χ2v) is 7.27. The first kappa shape index (κ1) is 24.1. The molecule has 2 atom stereocenters. The smallest absolute Gasteiger partial charge is 0.425 e. The van der Waals surface area contributed by atoms with Crippen LogP contribution in [0.2, 0.25) is 0 Å². The van der Waals surface area contributed by atoms with E-state index in [4.69, 9.17) is 5.73 Å². The number of amides is 1. The Morgan fingerprint density at radius 3 is 2.67 bits per heavy atom. The predicted molar refractivity (Wildman–Crippen MR) is 102 cm³/mol. The zero-order chi connectivity index (χ0) is 24.6. The number of ether oxygens (including phenoxy) is 2. The van der Waals surface area contributed by atoms with E-state index in [1.165, 1.54) is 13.8 Å². The monoisotopic (exact) mass is 477 g/mol. The number of halogens is 6. The van der Waals surface area contributed by atoms with Crippen molar-refractivity contribution in [2.75, 3.05) is 5.32 Å². The number of rotatable bonds is 5. The number of amidine groups is 1. The van der Waals surface area contributed by atoms with E-state index < -0.39 is 54.3 Å². The Bertz CT molecular complexity index is 1090. The van der Waals surface area contributed by atoms with E-state index in [0.717, 1.165) is 24.4 Å². The molecule has 0 fully saturated rings. The fourth-order valence-corrected chi connectivity index (χ4v) is 3.21. The molecule has 33 heavy (non-hydrogen) atoms. The summed E-state index contributed by atoms with van der Waals surface area (Å²) in [5.74, 6) is -2.27. The number of alkyl halides is 5. The molecular weight excluding hydrogens is 460 g/mol. The predicted octanol–water partition coefficient (Wildman–Crippen LogP) is 3.66. The molecule has 1 amide bonds. The number of nitrogens with zero attached hydrogens (tertiary/aromatic N) is 3. The van der Waals surface area contributed by atoms with Crippen LogP contribution in [-0.4, -0.2) is 40.8 Å². The molecule has 1 aliphatic rings. The summed E-state index contributed by atoms with van der Waals surface area (Å²) in [4.78, 5) is 24.0. The minimum atomic E-state index is -4.78. The van der Waals surface area contributed by atoms with Crippen molar-refractivity contribution < 1.29 is 40.6 Å². The maximum absolute atomic E-state index is 14.5. The Hall–Kier alpha value is -3.58. The number of aliphatic imine (C=N–C) groups is 1. The van der Waals surface area contributed by atoms with Crippen LogP contribution in [0.15, 0.2) is 29.4 Å². The standard InChI is InChI=1S/C19H17F6N5O3/c1-8-5-9(32-16(21)22)7-27-13(8)15(31)29-12-4-3-10(20)14(28-12)18(2)6-11(19(23,24)25)33-17(26)30-18/h3-5,7,11,16H,6H2,1-2H3,(H2,26,30)(H,28,29,31)/t11-,18-/m0/s1. The molecule has 1 aliphatic heterocycles. The minimum Gasteiger partial charge on any atom is -0.452 e. The fraction of sp³-hybridized carbons (Fsp3) is 0.368. The summed E-state index contributed by atoms with van der Waals surface area (Å²) in [5.41, 5.74) is 3.07. The normalized spacial score (nSPS) is 20.8. The molecular formula is C19H17F6N5O3. The van der Waals surface area contributed by atoms with Gasteiger partial charge in [-0.25, -0.2) is 19.4 Å². The second-order valence-electron chi connectivity index (χ2n) is 7.27. The van der Waals surface area contributed by atoms with Crippen LogP contribution in [0, 0.1) is 12.7 Å². The molecule has 0 unspecified atom stereocenters. The first-order valence-corrected chi connectivity index (χ1v) is 9.27. The molecule has 3 rings (SSSR count). The van der Waals surface area contributed by atoms with E-state index in [0.29, 0.717) is 0 Å². The Kier molecular flexibility index (Phi) is 6.38. The summed E-state index contributed by atoms with van der Waals surface area (Å²) in [7, 11) is 0. The van der Waals surface area contributed by atoms with Gasteiger partial charge in [-0.2, -0.15) is 22.0 Å². The molecule has 14 heteroatoms. The molecule has 3 heterocycles. The molecule has 0 bridgehead atoms. The van der Waals surface area contributed by atoms with Gasteiger partial charge in [0.05, 0.1) is 6.20 Å². The van der Waals surface area contributed by atoms with Gasteiger partial charge in [0.1, 0.15) is 34.3 Å². The van der Waals surface area contributed by atoms with E-state index in [9.17, 15) is 31.1 Å². The summed E-state index contributed by atoms with van der Waals surface area (Å²) in [6, 6.07) is 2.35. The lowest BCUT2D eigenvalue weighted by atomic mass is 9.89. The molecule has 0 saturated carbocycles. The van der Waals surface area contributed by atoms with Crippen molar-refractivity contribution in [3.05, 3.63) is 47.2 Å². The van der Waals surface area contributed by atoms with Gasteiger partial charge in [0, 0.05) is 6.42 Å². The minimum absolute atomic E-state index is 0.166. The SMILES string of the molecule is Cc1cc(OC(F)F)cnc1C(=O)Nc1ccc(F)c([C@]2(C)C[C@@H](C(F)(F)F)OC(N)=N2)n1.